The molecule has 0 unspecified atom stereocenters. The number of aliphatic imine (C=N–C) groups is 1. The largest absolute Gasteiger partial charge is 0.369 e. The van der Waals surface area contributed by atoms with Gasteiger partial charge in [-0.1, -0.05) is 12.1 Å². The molecular weight excluding hydrogens is 332 g/mol. The van der Waals surface area contributed by atoms with Crippen molar-refractivity contribution >= 4 is 23.5 Å². The van der Waals surface area contributed by atoms with E-state index in [-0.39, 0.29) is 29.9 Å². The van der Waals surface area contributed by atoms with Gasteiger partial charge < -0.3 is 11.1 Å². The number of anilines is 1. The fourth-order valence-electron chi connectivity index (χ4n) is 2.77. The van der Waals surface area contributed by atoms with Gasteiger partial charge in [-0.05, 0) is 31.5 Å². The Labute approximate surface area is 151 Å². The van der Waals surface area contributed by atoms with Gasteiger partial charge in [0.25, 0.3) is 5.91 Å². The summed E-state index contributed by atoms with van der Waals surface area (Å²) in [5.74, 6) is -0.288. The third-order valence-electron chi connectivity index (χ3n) is 4.30. The maximum Gasteiger partial charge on any atom is 0.275 e. The van der Waals surface area contributed by atoms with Crippen molar-refractivity contribution < 1.29 is 9.59 Å². The summed E-state index contributed by atoms with van der Waals surface area (Å²) in [6.07, 6.45) is 3.19. The Bertz CT molecular complexity index is 910. The van der Waals surface area contributed by atoms with Crippen LogP contribution in [0.15, 0.2) is 41.7 Å². The van der Waals surface area contributed by atoms with Gasteiger partial charge in [-0.2, -0.15) is 0 Å². The summed E-state index contributed by atoms with van der Waals surface area (Å²) in [5, 5.41) is 2.80. The summed E-state index contributed by atoms with van der Waals surface area (Å²) >= 11 is 0. The lowest BCUT2D eigenvalue weighted by molar-refractivity contribution is -0.128. The van der Waals surface area contributed by atoms with Crippen molar-refractivity contribution in [2.75, 3.05) is 12.4 Å². The van der Waals surface area contributed by atoms with Crippen molar-refractivity contribution in [2.24, 2.45) is 10.7 Å². The molecule has 0 fully saturated rings. The molecule has 26 heavy (non-hydrogen) atoms. The van der Waals surface area contributed by atoms with E-state index in [4.69, 9.17) is 5.73 Å². The van der Waals surface area contributed by atoms with Gasteiger partial charge in [-0.15, -0.1) is 0 Å². The highest BCUT2D eigenvalue weighted by Gasteiger charge is 2.36. The molecule has 1 aromatic carbocycles. The lowest BCUT2D eigenvalue weighted by Gasteiger charge is -2.33. The van der Waals surface area contributed by atoms with E-state index in [9.17, 15) is 9.59 Å². The number of hydrogen-bond donors (Lipinski definition) is 2. The van der Waals surface area contributed by atoms with Gasteiger partial charge in [0.2, 0.25) is 5.91 Å². The molecule has 134 valence electrons. The third kappa shape index (κ3) is 3.39. The molecule has 0 aliphatic carbocycles. The summed E-state index contributed by atoms with van der Waals surface area (Å²) in [5.41, 5.74) is 7.34. The highest BCUT2D eigenvalue weighted by Crippen LogP contribution is 2.34. The Balaban J connectivity index is 1.87. The number of hydrogen-bond acceptors (Lipinski definition) is 6. The second-order valence-corrected chi connectivity index (χ2v) is 6.45. The Morgan fingerprint density at radius 3 is 2.81 bits per heavy atom. The van der Waals surface area contributed by atoms with Crippen molar-refractivity contribution in [2.45, 2.75) is 25.8 Å². The molecule has 0 radical (unpaired) electrons. The molecule has 0 saturated heterocycles. The van der Waals surface area contributed by atoms with E-state index in [2.05, 4.69) is 20.3 Å². The lowest BCUT2D eigenvalue weighted by Crippen LogP contribution is -2.47. The molecule has 1 aliphatic rings. The van der Waals surface area contributed by atoms with Crippen LogP contribution in [-0.2, 0) is 10.3 Å². The van der Waals surface area contributed by atoms with Crippen LogP contribution < -0.4 is 11.1 Å². The van der Waals surface area contributed by atoms with E-state index in [1.165, 1.54) is 11.1 Å². The molecule has 8 nitrogen and oxygen atoms in total. The Kier molecular flexibility index (Phi) is 4.41. The number of amides is 2. The van der Waals surface area contributed by atoms with Crippen molar-refractivity contribution in [1.82, 2.24) is 14.9 Å². The van der Waals surface area contributed by atoms with Crippen LogP contribution in [-0.4, -0.2) is 39.7 Å². The van der Waals surface area contributed by atoms with Crippen molar-refractivity contribution in [1.29, 1.82) is 0 Å². The van der Waals surface area contributed by atoms with E-state index in [0.29, 0.717) is 11.4 Å². The van der Waals surface area contributed by atoms with Gasteiger partial charge in [-0.25, -0.2) is 9.98 Å². The highest BCUT2D eigenvalue weighted by molar-refractivity contribution is 6.03. The van der Waals surface area contributed by atoms with Crippen molar-refractivity contribution in [3.8, 4) is 0 Å². The Morgan fingerprint density at radius 2 is 2.12 bits per heavy atom. The second-order valence-electron chi connectivity index (χ2n) is 6.45. The van der Waals surface area contributed by atoms with Crippen LogP contribution >= 0.6 is 0 Å². The first-order valence-corrected chi connectivity index (χ1v) is 8.11. The molecular formula is C18H20N6O2. The van der Waals surface area contributed by atoms with Crippen LogP contribution in [0.1, 0.15) is 35.1 Å². The summed E-state index contributed by atoms with van der Waals surface area (Å²) in [6, 6.07) is 7.21. The molecule has 0 bridgehead atoms. The van der Waals surface area contributed by atoms with Gasteiger partial charge in [0.1, 0.15) is 5.69 Å². The van der Waals surface area contributed by atoms with Gasteiger partial charge in [-0.3, -0.25) is 19.5 Å². The molecule has 2 aromatic rings. The van der Waals surface area contributed by atoms with E-state index >= 15 is 0 Å². The average Bonchev–Trinajstić information content (AvgIpc) is 2.60. The van der Waals surface area contributed by atoms with Crippen LogP contribution in [0.25, 0.3) is 0 Å². The van der Waals surface area contributed by atoms with Crippen LogP contribution in [0.3, 0.4) is 0 Å². The van der Waals surface area contributed by atoms with Crippen molar-refractivity contribution in [3.63, 3.8) is 0 Å². The van der Waals surface area contributed by atoms with Gasteiger partial charge in [0, 0.05) is 18.9 Å². The van der Waals surface area contributed by atoms with E-state index in [0.717, 1.165) is 5.56 Å². The Hall–Kier alpha value is -3.29. The first-order chi connectivity index (χ1) is 12.3. The van der Waals surface area contributed by atoms with E-state index in [1.807, 2.05) is 13.0 Å². The second kappa shape index (κ2) is 6.55. The predicted molar refractivity (Wildman–Crippen MR) is 97.5 cm³/mol. The minimum Gasteiger partial charge on any atom is -0.369 e. The highest BCUT2D eigenvalue weighted by atomic mass is 16.2. The van der Waals surface area contributed by atoms with Crippen molar-refractivity contribution in [3.05, 3.63) is 53.6 Å². The maximum absolute atomic E-state index is 12.4. The number of guanidine groups is 1. The molecule has 2 amide bonds. The van der Waals surface area contributed by atoms with Crippen LogP contribution in [0.2, 0.25) is 0 Å². The molecule has 0 saturated carbocycles. The first kappa shape index (κ1) is 17.5. The Morgan fingerprint density at radius 1 is 1.35 bits per heavy atom. The molecule has 3 N–H and O–H groups in total. The number of rotatable bonds is 3. The number of aryl methyl sites for hydroxylation is 1. The van der Waals surface area contributed by atoms with Crippen LogP contribution in [0.5, 0.6) is 0 Å². The molecule has 0 spiro atoms. The molecule has 1 atom stereocenters. The zero-order chi connectivity index (χ0) is 18.9. The molecule has 1 aromatic heterocycles. The number of carbonyl (C=O) groups excluding carboxylic acids is 2. The zero-order valence-corrected chi connectivity index (χ0v) is 14.9. The summed E-state index contributed by atoms with van der Waals surface area (Å²) < 4.78 is 0. The molecule has 2 heterocycles. The summed E-state index contributed by atoms with van der Waals surface area (Å²) in [4.78, 5) is 38.5. The molecule has 3 rings (SSSR count). The predicted octanol–water partition coefficient (Wildman–Crippen LogP) is 1.43. The fourth-order valence-corrected chi connectivity index (χ4v) is 2.77. The van der Waals surface area contributed by atoms with E-state index in [1.54, 1.807) is 38.4 Å². The van der Waals surface area contributed by atoms with Gasteiger partial charge in [0.15, 0.2) is 5.96 Å². The fraction of sp³-hybridized carbons (Fsp3) is 0.278. The maximum atomic E-state index is 12.4. The lowest BCUT2D eigenvalue weighted by atomic mass is 9.87. The average molecular weight is 352 g/mol. The molecule has 1 aliphatic heterocycles. The number of nitrogens with one attached hydrogen (secondary N) is 1. The minimum atomic E-state index is -0.780. The topological polar surface area (TPSA) is 114 Å². The number of aromatic nitrogens is 2. The monoisotopic (exact) mass is 352 g/mol. The van der Waals surface area contributed by atoms with Gasteiger partial charge in [0.05, 0.1) is 23.9 Å². The van der Waals surface area contributed by atoms with Crippen LogP contribution in [0, 0.1) is 6.92 Å². The van der Waals surface area contributed by atoms with E-state index < -0.39 is 5.54 Å². The zero-order valence-electron chi connectivity index (χ0n) is 14.9. The summed E-state index contributed by atoms with van der Waals surface area (Å²) in [7, 11) is 1.60. The SMILES string of the molecule is Cc1cncc(C(=O)Nc2cccc([C@]3(C)CC(=O)N(C)C(N)=N3)c2)n1. The molecule has 8 heteroatoms. The number of nitrogens with zero attached hydrogens (tertiary/aromatic N) is 4. The minimum absolute atomic E-state index is 0.107. The first-order valence-electron chi connectivity index (χ1n) is 8.11. The number of carbonyl (C=O) groups is 2. The number of benzene rings is 1. The normalized spacial score (nSPS) is 19.9. The standard InChI is InChI=1S/C18H20N6O2/c1-11-9-20-10-14(21-11)16(26)22-13-6-4-5-12(7-13)18(2)8-15(25)24(3)17(19)23-18/h4-7,9-10H,8H2,1-3H3,(H2,19,23)(H,22,26)/t18-/m0/s1. The van der Waals surface area contributed by atoms with Gasteiger partial charge >= 0.3 is 0 Å². The number of nitrogens with two attached hydrogens (primary N) is 1. The smallest absolute Gasteiger partial charge is 0.275 e. The van der Waals surface area contributed by atoms with Crippen LogP contribution in [0.4, 0.5) is 5.69 Å². The summed E-state index contributed by atoms with van der Waals surface area (Å²) in [6.45, 7) is 3.61. The quantitative estimate of drug-likeness (QED) is 0.867. The third-order valence-corrected chi connectivity index (χ3v) is 4.30.